The molecule has 1 fully saturated rings. The predicted molar refractivity (Wildman–Crippen MR) is 99.4 cm³/mol. The van der Waals surface area contributed by atoms with Crippen molar-refractivity contribution < 1.29 is 10.2 Å². The highest BCUT2D eigenvalue weighted by Crippen LogP contribution is 2.28. The molecular weight excluding hydrogens is 300 g/mol. The van der Waals surface area contributed by atoms with Crippen LogP contribution in [0.2, 0.25) is 0 Å². The van der Waals surface area contributed by atoms with E-state index in [4.69, 9.17) is 0 Å². The van der Waals surface area contributed by atoms with Crippen molar-refractivity contribution in [1.82, 2.24) is 0 Å². The Balaban J connectivity index is 1.69. The van der Waals surface area contributed by atoms with Gasteiger partial charge in [-0.2, -0.15) is 0 Å². The van der Waals surface area contributed by atoms with Crippen LogP contribution in [-0.2, 0) is 12.8 Å². The molecule has 2 aromatic carbocycles. The summed E-state index contributed by atoms with van der Waals surface area (Å²) < 4.78 is 0. The van der Waals surface area contributed by atoms with Gasteiger partial charge < -0.3 is 20.0 Å². The molecular formula is C20H26N2O2. The molecule has 0 unspecified atom stereocenters. The number of aryl methyl sites for hydroxylation is 2. The second-order valence-electron chi connectivity index (χ2n) is 6.31. The zero-order valence-electron chi connectivity index (χ0n) is 14.5. The lowest BCUT2D eigenvalue weighted by molar-refractivity contribution is 0.468. The van der Waals surface area contributed by atoms with Crippen LogP contribution in [0.1, 0.15) is 25.0 Å². The van der Waals surface area contributed by atoms with Crippen LogP contribution in [0.25, 0.3) is 0 Å². The van der Waals surface area contributed by atoms with E-state index in [0.717, 1.165) is 50.1 Å². The minimum absolute atomic E-state index is 0.385. The molecule has 4 nitrogen and oxygen atoms in total. The van der Waals surface area contributed by atoms with E-state index in [9.17, 15) is 10.2 Å². The minimum Gasteiger partial charge on any atom is -0.508 e. The van der Waals surface area contributed by atoms with Gasteiger partial charge in [0, 0.05) is 37.6 Å². The summed E-state index contributed by atoms with van der Waals surface area (Å²) in [6, 6.07) is 11.8. The molecule has 1 heterocycles. The molecule has 2 N–H and O–H groups in total. The number of hydrogen-bond donors (Lipinski definition) is 2. The Hall–Kier alpha value is -2.36. The topological polar surface area (TPSA) is 46.9 Å². The molecule has 0 spiro atoms. The first kappa shape index (κ1) is 16.5. The van der Waals surface area contributed by atoms with Gasteiger partial charge in [-0.25, -0.2) is 0 Å². The minimum atomic E-state index is 0.385. The van der Waals surface area contributed by atoms with Gasteiger partial charge in [-0.3, -0.25) is 0 Å². The van der Waals surface area contributed by atoms with E-state index in [0.29, 0.717) is 11.5 Å². The summed E-state index contributed by atoms with van der Waals surface area (Å²) in [5.74, 6) is 0.771. The van der Waals surface area contributed by atoms with Gasteiger partial charge in [0.2, 0.25) is 0 Å². The Morgan fingerprint density at radius 2 is 1.08 bits per heavy atom. The lowest BCUT2D eigenvalue weighted by Gasteiger charge is -2.37. The Morgan fingerprint density at radius 3 is 1.42 bits per heavy atom. The van der Waals surface area contributed by atoms with Crippen LogP contribution in [-0.4, -0.2) is 36.4 Å². The van der Waals surface area contributed by atoms with Crippen LogP contribution in [0, 0.1) is 0 Å². The normalized spacial score (nSPS) is 14.9. The molecule has 24 heavy (non-hydrogen) atoms. The fraction of sp³-hybridized carbons (Fsp3) is 0.400. The molecule has 4 heteroatoms. The Kier molecular flexibility index (Phi) is 4.84. The van der Waals surface area contributed by atoms with Crippen molar-refractivity contribution in [3.8, 4) is 11.5 Å². The lowest BCUT2D eigenvalue weighted by atomic mass is 10.1. The highest BCUT2D eigenvalue weighted by molar-refractivity contribution is 5.57. The third-order valence-corrected chi connectivity index (χ3v) is 4.90. The first-order chi connectivity index (χ1) is 11.6. The van der Waals surface area contributed by atoms with Crippen molar-refractivity contribution in [2.75, 3.05) is 36.0 Å². The summed E-state index contributed by atoms with van der Waals surface area (Å²) in [6.07, 6.45) is 1.68. The van der Waals surface area contributed by atoms with E-state index < -0.39 is 0 Å². The third kappa shape index (κ3) is 3.28. The van der Waals surface area contributed by atoms with Gasteiger partial charge in [0.1, 0.15) is 11.5 Å². The number of piperazine rings is 1. The second-order valence-corrected chi connectivity index (χ2v) is 6.31. The molecule has 0 atom stereocenters. The Bertz CT molecular complexity index is 645. The van der Waals surface area contributed by atoms with Gasteiger partial charge in [-0.1, -0.05) is 13.8 Å². The van der Waals surface area contributed by atoms with Crippen molar-refractivity contribution in [3.05, 3.63) is 47.5 Å². The van der Waals surface area contributed by atoms with E-state index in [2.05, 4.69) is 35.8 Å². The highest BCUT2D eigenvalue weighted by Gasteiger charge is 2.19. The van der Waals surface area contributed by atoms with Crippen LogP contribution in [0.15, 0.2) is 36.4 Å². The van der Waals surface area contributed by atoms with Crippen molar-refractivity contribution in [2.24, 2.45) is 0 Å². The molecule has 1 saturated heterocycles. The molecule has 3 rings (SSSR count). The molecule has 0 amide bonds. The molecule has 2 aromatic rings. The number of anilines is 2. The number of hydrogen-bond acceptors (Lipinski definition) is 4. The number of phenolic OH excluding ortho intramolecular Hbond substituents is 2. The average molecular weight is 326 g/mol. The predicted octanol–water partition coefficient (Wildman–Crippen LogP) is 3.55. The molecule has 0 aromatic heterocycles. The van der Waals surface area contributed by atoms with Crippen LogP contribution >= 0.6 is 0 Å². The Morgan fingerprint density at radius 1 is 0.708 bits per heavy atom. The van der Waals surface area contributed by atoms with E-state index in [1.54, 1.807) is 12.1 Å². The first-order valence-electron chi connectivity index (χ1n) is 8.76. The summed E-state index contributed by atoms with van der Waals surface area (Å²) in [4.78, 5) is 4.74. The smallest absolute Gasteiger partial charge is 0.118 e. The van der Waals surface area contributed by atoms with Crippen molar-refractivity contribution >= 4 is 11.4 Å². The van der Waals surface area contributed by atoms with E-state index >= 15 is 0 Å². The van der Waals surface area contributed by atoms with Crippen molar-refractivity contribution in [2.45, 2.75) is 26.7 Å². The number of aromatic hydroxyl groups is 2. The summed E-state index contributed by atoms with van der Waals surface area (Å²) in [5.41, 5.74) is 4.37. The van der Waals surface area contributed by atoms with Crippen LogP contribution in [0.5, 0.6) is 11.5 Å². The zero-order valence-corrected chi connectivity index (χ0v) is 14.5. The van der Waals surface area contributed by atoms with E-state index in [1.807, 2.05) is 12.1 Å². The van der Waals surface area contributed by atoms with E-state index in [-0.39, 0.29) is 0 Å². The molecule has 0 bridgehead atoms. The Labute approximate surface area is 144 Å². The average Bonchev–Trinajstić information content (AvgIpc) is 2.63. The van der Waals surface area contributed by atoms with Crippen molar-refractivity contribution in [3.63, 3.8) is 0 Å². The maximum atomic E-state index is 9.85. The van der Waals surface area contributed by atoms with Gasteiger partial charge in [0.15, 0.2) is 0 Å². The van der Waals surface area contributed by atoms with Crippen LogP contribution in [0.4, 0.5) is 11.4 Å². The lowest BCUT2D eigenvalue weighted by Crippen LogP contribution is -2.46. The largest absolute Gasteiger partial charge is 0.508 e. The number of rotatable bonds is 4. The maximum Gasteiger partial charge on any atom is 0.118 e. The molecule has 1 aliphatic rings. The summed E-state index contributed by atoms with van der Waals surface area (Å²) >= 11 is 0. The quantitative estimate of drug-likeness (QED) is 0.902. The molecule has 128 valence electrons. The summed E-state index contributed by atoms with van der Waals surface area (Å²) in [5, 5.41) is 19.7. The van der Waals surface area contributed by atoms with Gasteiger partial charge in [-0.15, -0.1) is 0 Å². The van der Waals surface area contributed by atoms with E-state index in [1.165, 1.54) is 11.4 Å². The SMILES string of the molecule is CCc1cc(N2CCN(c3ccc(O)c(CC)c3)CC2)ccc1O. The summed E-state index contributed by atoms with van der Waals surface area (Å²) in [7, 11) is 0. The van der Waals surface area contributed by atoms with Crippen LogP contribution in [0.3, 0.4) is 0 Å². The van der Waals surface area contributed by atoms with Crippen molar-refractivity contribution in [1.29, 1.82) is 0 Å². The zero-order chi connectivity index (χ0) is 17.1. The van der Waals surface area contributed by atoms with Crippen LogP contribution < -0.4 is 9.80 Å². The van der Waals surface area contributed by atoms with Gasteiger partial charge in [-0.05, 0) is 60.4 Å². The number of phenols is 2. The number of nitrogens with zero attached hydrogens (tertiary/aromatic N) is 2. The summed E-state index contributed by atoms with van der Waals surface area (Å²) in [6.45, 7) is 7.94. The first-order valence-corrected chi connectivity index (χ1v) is 8.76. The van der Waals surface area contributed by atoms with Gasteiger partial charge in [0.05, 0.1) is 0 Å². The van der Waals surface area contributed by atoms with Gasteiger partial charge in [0.25, 0.3) is 0 Å². The molecule has 0 radical (unpaired) electrons. The standard InChI is InChI=1S/C20H26N2O2/c1-3-15-13-17(5-7-19(15)23)21-9-11-22(12-10-21)18-6-8-20(24)16(4-2)14-18/h5-8,13-14,23-24H,3-4,9-12H2,1-2H3. The second kappa shape index (κ2) is 7.04. The maximum absolute atomic E-state index is 9.85. The molecule has 0 aliphatic carbocycles. The molecule has 0 saturated carbocycles. The fourth-order valence-corrected chi connectivity index (χ4v) is 3.33. The number of benzene rings is 2. The monoisotopic (exact) mass is 326 g/mol. The van der Waals surface area contributed by atoms with Gasteiger partial charge >= 0.3 is 0 Å². The highest BCUT2D eigenvalue weighted by atomic mass is 16.3. The fourth-order valence-electron chi connectivity index (χ4n) is 3.33. The molecule has 1 aliphatic heterocycles. The third-order valence-electron chi connectivity index (χ3n) is 4.90.